The van der Waals surface area contributed by atoms with Crippen LogP contribution in [0.1, 0.15) is 13.3 Å². The molecule has 0 saturated carbocycles. The van der Waals surface area contributed by atoms with E-state index in [4.69, 9.17) is 9.47 Å². The van der Waals surface area contributed by atoms with Crippen LogP contribution in [0.3, 0.4) is 0 Å². The number of nitrogens with zero attached hydrogens (tertiary/aromatic N) is 1. The van der Waals surface area contributed by atoms with Crippen molar-refractivity contribution < 1.29 is 27.5 Å². The van der Waals surface area contributed by atoms with Crippen molar-refractivity contribution in [3.63, 3.8) is 0 Å². The van der Waals surface area contributed by atoms with E-state index in [-0.39, 0.29) is 17.3 Å². The zero-order valence-corrected chi connectivity index (χ0v) is 17.5. The van der Waals surface area contributed by atoms with Crippen LogP contribution < -0.4 is 20.1 Å². The Morgan fingerprint density at radius 1 is 1.00 bits per heavy atom. The molecule has 0 aliphatic carbocycles. The second-order valence-electron chi connectivity index (χ2n) is 6.73. The number of benzene rings is 2. The van der Waals surface area contributed by atoms with Crippen LogP contribution in [0.15, 0.2) is 47.4 Å². The van der Waals surface area contributed by atoms with Gasteiger partial charge in [-0.1, -0.05) is 6.07 Å². The number of ether oxygens (including phenoxy) is 2. The minimum atomic E-state index is -3.92. The van der Waals surface area contributed by atoms with Gasteiger partial charge < -0.3 is 20.1 Å². The van der Waals surface area contributed by atoms with E-state index in [1.807, 2.05) is 0 Å². The number of carbonyl (C=O) groups is 2. The fourth-order valence-electron chi connectivity index (χ4n) is 2.85. The lowest BCUT2D eigenvalue weighted by Gasteiger charge is -2.18. The molecule has 1 aliphatic heterocycles. The first-order valence-electron chi connectivity index (χ1n) is 9.29. The Morgan fingerprint density at radius 2 is 1.67 bits per heavy atom. The summed E-state index contributed by atoms with van der Waals surface area (Å²) in [6.45, 7) is 1.93. The highest BCUT2D eigenvalue weighted by atomic mass is 32.2. The number of hydrogen-bond donors (Lipinski definition) is 2. The number of carbonyl (C=O) groups excluding carboxylic acids is 2. The molecule has 0 radical (unpaired) electrons. The van der Waals surface area contributed by atoms with Crippen LogP contribution in [0.5, 0.6) is 11.5 Å². The lowest BCUT2D eigenvalue weighted by atomic mass is 10.2. The van der Waals surface area contributed by atoms with Crippen molar-refractivity contribution in [2.75, 3.05) is 37.4 Å². The van der Waals surface area contributed by atoms with Gasteiger partial charge in [0, 0.05) is 37.8 Å². The monoisotopic (exact) mass is 433 g/mol. The van der Waals surface area contributed by atoms with Gasteiger partial charge in [0.2, 0.25) is 21.8 Å². The molecule has 3 rings (SSSR count). The highest BCUT2D eigenvalue weighted by Gasteiger charge is 2.25. The summed E-state index contributed by atoms with van der Waals surface area (Å²) in [5.74, 6) is 0.0990. The molecule has 2 aromatic rings. The zero-order chi connectivity index (χ0) is 21.7. The van der Waals surface area contributed by atoms with E-state index in [1.165, 1.54) is 26.1 Å². The summed E-state index contributed by atoms with van der Waals surface area (Å²) in [4.78, 5) is 23.5. The number of sulfonamides is 1. The normalized spacial score (nSPS) is 13.4. The van der Waals surface area contributed by atoms with Gasteiger partial charge in [-0.25, -0.2) is 8.42 Å². The average molecular weight is 433 g/mol. The molecule has 2 N–H and O–H groups in total. The Hall–Kier alpha value is -3.11. The predicted molar refractivity (Wildman–Crippen MR) is 111 cm³/mol. The molecule has 0 bridgehead atoms. The van der Waals surface area contributed by atoms with Crippen LogP contribution in [0, 0.1) is 0 Å². The lowest BCUT2D eigenvalue weighted by Crippen LogP contribution is -2.35. The molecule has 2 aromatic carbocycles. The summed E-state index contributed by atoms with van der Waals surface area (Å²) in [6, 6.07) is 10.9. The maximum Gasteiger partial charge on any atom is 0.243 e. The lowest BCUT2D eigenvalue weighted by molar-refractivity contribution is -0.116. The minimum absolute atomic E-state index is 0.00899. The molecule has 0 aromatic heterocycles. The maximum absolute atomic E-state index is 12.9. The van der Waals surface area contributed by atoms with Crippen molar-refractivity contribution in [1.29, 1.82) is 0 Å². The third-order valence-corrected chi connectivity index (χ3v) is 6.06. The molecule has 0 fully saturated rings. The molecule has 30 heavy (non-hydrogen) atoms. The molecule has 2 amide bonds. The first-order chi connectivity index (χ1) is 14.3. The van der Waals surface area contributed by atoms with Gasteiger partial charge in [0.15, 0.2) is 11.5 Å². The Morgan fingerprint density at radius 3 is 2.37 bits per heavy atom. The van der Waals surface area contributed by atoms with Crippen molar-refractivity contribution >= 4 is 33.2 Å². The second kappa shape index (κ2) is 9.14. The number of hydrogen-bond acceptors (Lipinski definition) is 6. The van der Waals surface area contributed by atoms with Crippen LogP contribution >= 0.6 is 0 Å². The number of rotatable bonds is 6. The molecular formula is C20H23N3O6S. The van der Waals surface area contributed by atoms with Crippen molar-refractivity contribution in [3.05, 3.63) is 42.5 Å². The summed E-state index contributed by atoms with van der Waals surface area (Å²) in [5, 5.41) is 5.24. The van der Waals surface area contributed by atoms with Crippen molar-refractivity contribution in [1.82, 2.24) is 4.31 Å². The SMILES string of the molecule is CC(=O)Nc1cccc(NC(=O)CN(C)S(=O)(=O)c2ccc3c(c2)OCCCO3)c1. The highest BCUT2D eigenvalue weighted by Crippen LogP contribution is 2.32. The van der Waals surface area contributed by atoms with Gasteiger partial charge in [-0.2, -0.15) is 4.31 Å². The summed E-state index contributed by atoms with van der Waals surface area (Å²) in [6.07, 6.45) is 0.708. The average Bonchev–Trinajstić information content (AvgIpc) is 2.92. The van der Waals surface area contributed by atoms with Crippen molar-refractivity contribution in [2.45, 2.75) is 18.2 Å². The first-order valence-corrected chi connectivity index (χ1v) is 10.7. The van der Waals surface area contributed by atoms with Gasteiger partial charge >= 0.3 is 0 Å². The maximum atomic E-state index is 12.9. The standard InChI is InChI=1S/C20H23N3O6S/c1-14(24)21-15-5-3-6-16(11-15)22-20(25)13-23(2)30(26,27)17-7-8-18-19(12-17)29-10-4-9-28-18/h3,5-8,11-12H,4,9-10,13H2,1-2H3,(H,21,24)(H,22,25). The van der Waals surface area contributed by atoms with Gasteiger partial charge in [-0.05, 0) is 30.3 Å². The molecule has 1 heterocycles. The fraction of sp³-hybridized carbons (Fsp3) is 0.300. The summed E-state index contributed by atoms with van der Waals surface area (Å²) >= 11 is 0. The molecule has 0 spiro atoms. The van der Waals surface area contributed by atoms with Crippen LogP contribution in [-0.2, 0) is 19.6 Å². The molecule has 0 saturated heterocycles. The predicted octanol–water partition coefficient (Wildman–Crippen LogP) is 2.07. The third kappa shape index (κ3) is 5.28. The second-order valence-corrected chi connectivity index (χ2v) is 8.78. The quantitative estimate of drug-likeness (QED) is 0.721. The van der Waals surface area contributed by atoms with E-state index >= 15 is 0 Å². The van der Waals surface area contributed by atoms with Gasteiger partial charge in [0.25, 0.3) is 0 Å². The van der Waals surface area contributed by atoms with Crippen LogP contribution in [0.25, 0.3) is 0 Å². The Bertz CT molecular complexity index is 1050. The number of nitrogens with one attached hydrogen (secondary N) is 2. The molecule has 1 aliphatic rings. The fourth-order valence-corrected chi connectivity index (χ4v) is 3.99. The number of fused-ring (bicyclic) bond motifs is 1. The number of anilines is 2. The Kier molecular flexibility index (Phi) is 6.58. The Balaban J connectivity index is 1.69. The van der Waals surface area contributed by atoms with Gasteiger partial charge in [0.05, 0.1) is 24.7 Å². The van der Waals surface area contributed by atoms with Crippen molar-refractivity contribution in [3.8, 4) is 11.5 Å². The van der Waals surface area contributed by atoms with Crippen LogP contribution in [0.2, 0.25) is 0 Å². The zero-order valence-electron chi connectivity index (χ0n) is 16.7. The van der Waals surface area contributed by atoms with E-state index in [2.05, 4.69) is 10.6 Å². The highest BCUT2D eigenvalue weighted by molar-refractivity contribution is 7.89. The molecule has 10 heteroatoms. The number of likely N-dealkylation sites (N-methyl/N-ethyl adjacent to an activating group) is 1. The van der Waals surface area contributed by atoms with Crippen LogP contribution in [0.4, 0.5) is 11.4 Å². The molecular weight excluding hydrogens is 410 g/mol. The Labute approximate surface area is 175 Å². The molecule has 0 unspecified atom stereocenters. The third-order valence-electron chi connectivity index (χ3n) is 4.26. The molecule has 9 nitrogen and oxygen atoms in total. The molecule has 160 valence electrons. The van der Waals surface area contributed by atoms with E-state index in [0.717, 1.165) is 4.31 Å². The van der Waals surface area contributed by atoms with E-state index < -0.39 is 15.9 Å². The smallest absolute Gasteiger partial charge is 0.243 e. The first kappa shape index (κ1) is 21.6. The minimum Gasteiger partial charge on any atom is -0.490 e. The summed E-state index contributed by atoms with van der Waals surface area (Å²) in [5.41, 5.74) is 0.959. The molecule has 0 atom stereocenters. The van der Waals surface area contributed by atoms with Crippen molar-refractivity contribution in [2.24, 2.45) is 0 Å². The largest absolute Gasteiger partial charge is 0.490 e. The van der Waals surface area contributed by atoms with E-state index in [1.54, 1.807) is 30.3 Å². The van der Waals surface area contributed by atoms with Gasteiger partial charge in [-0.3, -0.25) is 9.59 Å². The van der Waals surface area contributed by atoms with E-state index in [9.17, 15) is 18.0 Å². The van der Waals surface area contributed by atoms with Gasteiger partial charge in [0.1, 0.15) is 0 Å². The summed E-state index contributed by atoms with van der Waals surface area (Å²) in [7, 11) is -2.59. The van der Waals surface area contributed by atoms with Gasteiger partial charge in [-0.15, -0.1) is 0 Å². The van der Waals surface area contributed by atoms with Crippen LogP contribution in [-0.4, -0.2) is 51.3 Å². The van der Waals surface area contributed by atoms with E-state index in [0.29, 0.717) is 42.5 Å². The summed E-state index contributed by atoms with van der Waals surface area (Å²) < 4.78 is 37.8. The topological polar surface area (TPSA) is 114 Å². The number of amides is 2.